The molecule has 0 amide bonds. The van der Waals surface area contributed by atoms with Gasteiger partial charge in [-0.1, -0.05) is 6.92 Å². The lowest BCUT2D eigenvalue weighted by atomic mass is 10.2. The Labute approximate surface area is 148 Å². The van der Waals surface area contributed by atoms with E-state index in [1.807, 2.05) is 13.0 Å². The molecule has 3 aromatic heterocycles. The molecule has 0 saturated heterocycles. The molecule has 3 heterocycles. The van der Waals surface area contributed by atoms with E-state index in [0.717, 1.165) is 11.3 Å². The average Bonchev–Trinajstić information content (AvgIpc) is 3.31. The van der Waals surface area contributed by atoms with Crippen LogP contribution in [-0.2, 0) is 17.8 Å². The Morgan fingerprint density at radius 2 is 2.12 bits per heavy atom. The third-order valence-electron chi connectivity index (χ3n) is 3.66. The van der Waals surface area contributed by atoms with Gasteiger partial charge in [0.15, 0.2) is 12.4 Å². The van der Waals surface area contributed by atoms with Crippen LogP contribution in [0.5, 0.6) is 0 Å². The van der Waals surface area contributed by atoms with Gasteiger partial charge in [0, 0.05) is 16.6 Å². The lowest BCUT2D eigenvalue weighted by molar-refractivity contribution is 0.0432. The maximum Gasteiger partial charge on any atom is 0.355 e. The predicted molar refractivity (Wildman–Crippen MR) is 91.6 cm³/mol. The van der Waals surface area contributed by atoms with Crippen molar-refractivity contribution in [3.05, 3.63) is 45.9 Å². The molecule has 0 fully saturated rings. The summed E-state index contributed by atoms with van der Waals surface area (Å²) in [5.74, 6) is -0.0922. The number of hydrogen-bond acceptors (Lipinski definition) is 7. The van der Waals surface area contributed by atoms with Crippen molar-refractivity contribution in [1.82, 2.24) is 15.2 Å². The standard InChI is InChI=1S/C17H17N3O4S/c1-4-13-9(2)5-14(25-13)16-20-19-15(24-16)8-23-17(22)12-6-11(7-18-12)10(3)21/h5-7,18H,4,8H2,1-3H3. The molecule has 1 N–H and O–H groups in total. The molecule has 7 nitrogen and oxygen atoms in total. The quantitative estimate of drug-likeness (QED) is 0.534. The summed E-state index contributed by atoms with van der Waals surface area (Å²) in [5, 5.41) is 7.91. The predicted octanol–water partition coefficient (Wildman–Crippen LogP) is 3.56. The minimum absolute atomic E-state index is 0.130. The summed E-state index contributed by atoms with van der Waals surface area (Å²) in [4.78, 5) is 28.1. The van der Waals surface area contributed by atoms with Crippen molar-refractivity contribution in [2.45, 2.75) is 33.8 Å². The van der Waals surface area contributed by atoms with Crippen LogP contribution in [0.2, 0.25) is 0 Å². The SMILES string of the molecule is CCc1sc(-c2nnc(COC(=O)c3cc(C(C)=O)c[nH]3)o2)cc1C. The minimum Gasteiger partial charge on any atom is -0.451 e. The normalized spacial score (nSPS) is 10.8. The van der Waals surface area contributed by atoms with E-state index in [9.17, 15) is 9.59 Å². The summed E-state index contributed by atoms with van der Waals surface area (Å²) < 4.78 is 10.7. The Balaban J connectivity index is 1.64. The summed E-state index contributed by atoms with van der Waals surface area (Å²) in [5.41, 5.74) is 1.82. The summed E-state index contributed by atoms with van der Waals surface area (Å²) in [6.45, 7) is 5.43. The van der Waals surface area contributed by atoms with Crippen molar-refractivity contribution >= 4 is 23.1 Å². The number of ketones is 1. The number of carbonyl (C=O) groups is 2. The van der Waals surface area contributed by atoms with Crippen molar-refractivity contribution in [3.8, 4) is 10.8 Å². The van der Waals surface area contributed by atoms with Crippen LogP contribution in [0.15, 0.2) is 22.7 Å². The van der Waals surface area contributed by atoms with Gasteiger partial charge in [0.1, 0.15) is 5.69 Å². The third-order valence-corrected chi connectivity index (χ3v) is 5.02. The molecule has 0 bridgehead atoms. The Morgan fingerprint density at radius 1 is 1.32 bits per heavy atom. The van der Waals surface area contributed by atoms with Crippen LogP contribution >= 0.6 is 11.3 Å². The second-order valence-electron chi connectivity index (χ2n) is 5.51. The van der Waals surface area contributed by atoms with E-state index in [-0.39, 0.29) is 24.0 Å². The molecule has 0 aliphatic rings. The number of hydrogen-bond donors (Lipinski definition) is 1. The number of aryl methyl sites for hydroxylation is 2. The number of thiophene rings is 1. The zero-order valence-electron chi connectivity index (χ0n) is 14.1. The lowest BCUT2D eigenvalue weighted by Crippen LogP contribution is -2.05. The van der Waals surface area contributed by atoms with Crippen LogP contribution in [0, 0.1) is 6.92 Å². The topological polar surface area (TPSA) is 98.1 Å². The Bertz CT molecular complexity index is 922. The van der Waals surface area contributed by atoms with Gasteiger partial charge >= 0.3 is 5.97 Å². The molecule has 8 heteroatoms. The van der Waals surface area contributed by atoms with Gasteiger partial charge in [-0.25, -0.2) is 4.79 Å². The fourth-order valence-corrected chi connectivity index (χ4v) is 3.34. The molecule has 0 radical (unpaired) electrons. The number of H-pyrrole nitrogens is 1. The third kappa shape index (κ3) is 3.69. The second kappa shape index (κ2) is 7.02. The van der Waals surface area contributed by atoms with Gasteiger partial charge in [-0.3, -0.25) is 4.79 Å². The van der Waals surface area contributed by atoms with E-state index in [1.165, 1.54) is 29.6 Å². The molecule has 0 aliphatic heterocycles. The van der Waals surface area contributed by atoms with E-state index in [2.05, 4.69) is 22.1 Å². The molecule has 0 spiro atoms. The number of Topliss-reactive ketones (excluding diaryl/α,β-unsaturated/α-hetero) is 1. The second-order valence-corrected chi connectivity index (χ2v) is 6.64. The highest BCUT2D eigenvalue weighted by molar-refractivity contribution is 7.15. The maximum atomic E-state index is 12.0. The Hall–Kier alpha value is -2.74. The van der Waals surface area contributed by atoms with Crippen LogP contribution in [0.4, 0.5) is 0 Å². The number of carbonyl (C=O) groups excluding carboxylic acids is 2. The van der Waals surface area contributed by atoms with Crippen molar-refractivity contribution < 1.29 is 18.7 Å². The number of aromatic nitrogens is 3. The zero-order chi connectivity index (χ0) is 18.0. The molecule has 0 unspecified atom stereocenters. The average molecular weight is 359 g/mol. The summed E-state index contributed by atoms with van der Waals surface area (Å²) in [6.07, 6.45) is 2.42. The first-order valence-corrected chi connectivity index (χ1v) is 8.58. The van der Waals surface area contributed by atoms with Gasteiger partial charge in [0.25, 0.3) is 11.8 Å². The molecule has 0 atom stereocenters. The highest BCUT2D eigenvalue weighted by atomic mass is 32.1. The van der Waals surface area contributed by atoms with E-state index in [4.69, 9.17) is 9.15 Å². The van der Waals surface area contributed by atoms with Gasteiger partial charge in [-0.2, -0.15) is 0 Å². The van der Waals surface area contributed by atoms with E-state index < -0.39 is 5.97 Å². The van der Waals surface area contributed by atoms with Crippen LogP contribution in [0.1, 0.15) is 51.0 Å². The van der Waals surface area contributed by atoms with Gasteiger partial charge in [0.2, 0.25) is 0 Å². The van der Waals surface area contributed by atoms with Crippen LogP contribution in [-0.4, -0.2) is 26.9 Å². The molecule has 0 aliphatic carbocycles. The fraction of sp³-hybridized carbons (Fsp3) is 0.294. The van der Waals surface area contributed by atoms with Crippen LogP contribution < -0.4 is 0 Å². The first-order valence-electron chi connectivity index (χ1n) is 7.76. The monoisotopic (exact) mass is 359 g/mol. The minimum atomic E-state index is -0.590. The Morgan fingerprint density at radius 3 is 2.76 bits per heavy atom. The number of esters is 1. The molecular weight excluding hydrogens is 342 g/mol. The van der Waals surface area contributed by atoms with Crippen molar-refractivity contribution in [3.63, 3.8) is 0 Å². The molecule has 3 rings (SSSR count). The summed E-state index contributed by atoms with van der Waals surface area (Å²) in [7, 11) is 0. The smallest absolute Gasteiger partial charge is 0.355 e. The molecule has 25 heavy (non-hydrogen) atoms. The molecule has 130 valence electrons. The number of ether oxygens (including phenoxy) is 1. The molecule has 3 aromatic rings. The first-order chi connectivity index (χ1) is 12.0. The summed E-state index contributed by atoms with van der Waals surface area (Å²) >= 11 is 1.61. The van der Waals surface area contributed by atoms with Crippen molar-refractivity contribution in [2.75, 3.05) is 0 Å². The van der Waals surface area contributed by atoms with Crippen LogP contribution in [0.3, 0.4) is 0 Å². The van der Waals surface area contributed by atoms with Gasteiger partial charge in [-0.15, -0.1) is 21.5 Å². The van der Waals surface area contributed by atoms with E-state index in [0.29, 0.717) is 11.5 Å². The zero-order valence-corrected chi connectivity index (χ0v) is 14.9. The van der Waals surface area contributed by atoms with E-state index >= 15 is 0 Å². The van der Waals surface area contributed by atoms with Gasteiger partial charge < -0.3 is 14.1 Å². The molecular formula is C17H17N3O4S. The first kappa shape index (κ1) is 17.1. The summed E-state index contributed by atoms with van der Waals surface area (Å²) in [6, 6.07) is 3.46. The molecule has 0 saturated carbocycles. The number of aromatic amines is 1. The number of nitrogens with one attached hydrogen (secondary N) is 1. The van der Waals surface area contributed by atoms with Crippen molar-refractivity contribution in [2.24, 2.45) is 0 Å². The van der Waals surface area contributed by atoms with Gasteiger partial charge in [-0.05, 0) is 38.0 Å². The number of rotatable bonds is 6. The fourth-order valence-electron chi connectivity index (χ4n) is 2.31. The van der Waals surface area contributed by atoms with E-state index in [1.54, 1.807) is 11.3 Å². The lowest BCUT2D eigenvalue weighted by Gasteiger charge is -1.98. The largest absolute Gasteiger partial charge is 0.451 e. The maximum absolute atomic E-state index is 12.0. The number of nitrogens with zero attached hydrogens (tertiary/aromatic N) is 2. The highest BCUT2D eigenvalue weighted by Gasteiger charge is 2.16. The van der Waals surface area contributed by atoms with Gasteiger partial charge in [0.05, 0.1) is 4.88 Å². The molecule has 0 aromatic carbocycles. The van der Waals surface area contributed by atoms with Crippen molar-refractivity contribution in [1.29, 1.82) is 0 Å². The Kier molecular flexibility index (Phi) is 4.80. The van der Waals surface area contributed by atoms with Crippen LogP contribution in [0.25, 0.3) is 10.8 Å². The highest BCUT2D eigenvalue weighted by Crippen LogP contribution is 2.30.